The minimum atomic E-state index is 0.403. The molecule has 0 radical (unpaired) electrons. The van der Waals surface area contributed by atoms with Crippen LogP contribution in [0.25, 0.3) is 0 Å². The van der Waals surface area contributed by atoms with Crippen molar-refractivity contribution >= 4 is 46.7 Å². The van der Waals surface area contributed by atoms with Crippen LogP contribution in [0.15, 0.2) is 33.8 Å². The molecule has 6 heteroatoms. The van der Waals surface area contributed by atoms with Crippen LogP contribution in [0.3, 0.4) is 0 Å². The van der Waals surface area contributed by atoms with E-state index in [0.717, 1.165) is 5.76 Å². The standard InChI is InChI=1S/C12H9Cl3N2O/c1-7-2-3-9(18-7)6-16-17-12-10(14)4-8(13)5-11(12)15/h2-6,17H,1H3/b16-6-. The molecule has 1 aromatic carbocycles. The maximum atomic E-state index is 5.99. The van der Waals surface area contributed by atoms with E-state index in [-0.39, 0.29) is 0 Å². The second kappa shape index (κ2) is 5.65. The third-order valence-electron chi connectivity index (χ3n) is 2.14. The highest BCUT2D eigenvalue weighted by molar-refractivity contribution is 6.41. The molecule has 94 valence electrons. The van der Waals surface area contributed by atoms with Crippen molar-refractivity contribution in [3.8, 4) is 0 Å². The van der Waals surface area contributed by atoms with E-state index < -0.39 is 0 Å². The molecule has 1 N–H and O–H groups in total. The van der Waals surface area contributed by atoms with Crippen molar-refractivity contribution in [1.82, 2.24) is 0 Å². The topological polar surface area (TPSA) is 37.5 Å². The normalized spacial score (nSPS) is 11.1. The Morgan fingerprint density at radius 2 is 1.83 bits per heavy atom. The minimum Gasteiger partial charge on any atom is -0.460 e. The van der Waals surface area contributed by atoms with Gasteiger partial charge in [-0.1, -0.05) is 34.8 Å². The van der Waals surface area contributed by atoms with Gasteiger partial charge in [0.05, 0.1) is 21.9 Å². The van der Waals surface area contributed by atoms with Crippen LogP contribution >= 0.6 is 34.8 Å². The van der Waals surface area contributed by atoms with E-state index in [4.69, 9.17) is 39.2 Å². The number of nitrogens with zero attached hydrogens (tertiary/aromatic N) is 1. The molecular weight excluding hydrogens is 295 g/mol. The fourth-order valence-corrected chi connectivity index (χ4v) is 2.23. The van der Waals surface area contributed by atoms with E-state index in [1.807, 2.05) is 19.1 Å². The predicted molar refractivity (Wildman–Crippen MR) is 76.1 cm³/mol. The first-order valence-electron chi connectivity index (χ1n) is 5.06. The lowest BCUT2D eigenvalue weighted by Gasteiger charge is -2.05. The third-order valence-corrected chi connectivity index (χ3v) is 2.95. The first-order chi connectivity index (χ1) is 8.56. The number of halogens is 3. The highest BCUT2D eigenvalue weighted by atomic mass is 35.5. The van der Waals surface area contributed by atoms with Gasteiger partial charge in [0.25, 0.3) is 0 Å². The molecule has 1 aromatic heterocycles. The average molecular weight is 304 g/mol. The number of anilines is 1. The van der Waals surface area contributed by atoms with Gasteiger partial charge in [-0.05, 0) is 31.2 Å². The summed E-state index contributed by atoms with van der Waals surface area (Å²) in [6, 6.07) is 6.84. The van der Waals surface area contributed by atoms with Crippen LogP contribution in [-0.2, 0) is 0 Å². The van der Waals surface area contributed by atoms with Gasteiger partial charge in [-0.15, -0.1) is 0 Å². The Balaban J connectivity index is 2.13. The highest BCUT2D eigenvalue weighted by Gasteiger charge is 2.06. The summed E-state index contributed by atoms with van der Waals surface area (Å²) in [4.78, 5) is 0. The van der Waals surface area contributed by atoms with E-state index in [1.54, 1.807) is 12.1 Å². The lowest BCUT2D eigenvalue weighted by molar-refractivity contribution is 0.528. The van der Waals surface area contributed by atoms with Crippen LogP contribution in [-0.4, -0.2) is 6.21 Å². The first kappa shape index (κ1) is 13.3. The van der Waals surface area contributed by atoms with Gasteiger partial charge in [-0.2, -0.15) is 5.10 Å². The quantitative estimate of drug-likeness (QED) is 0.640. The molecule has 0 saturated carbocycles. The van der Waals surface area contributed by atoms with Crippen molar-refractivity contribution < 1.29 is 4.42 Å². The fourth-order valence-electron chi connectivity index (χ4n) is 1.33. The lowest BCUT2D eigenvalue weighted by Crippen LogP contribution is -1.92. The zero-order chi connectivity index (χ0) is 13.1. The molecule has 0 atom stereocenters. The summed E-state index contributed by atoms with van der Waals surface area (Å²) in [7, 11) is 0. The van der Waals surface area contributed by atoms with Crippen molar-refractivity contribution in [1.29, 1.82) is 0 Å². The molecule has 2 aromatic rings. The molecule has 3 nitrogen and oxygen atoms in total. The Kier molecular flexibility index (Phi) is 4.17. The number of rotatable bonds is 3. The maximum absolute atomic E-state index is 5.99. The smallest absolute Gasteiger partial charge is 0.147 e. The Bertz CT molecular complexity index is 570. The van der Waals surface area contributed by atoms with Crippen molar-refractivity contribution in [2.24, 2.45) is 5.10 Å². The van der Waals surface area contributed by atoms with Gasteiger partial charge in [0, 0.05) is 5.02 Å². The zero-order valence-electron chi connectivity index (χ0n) is 9.38. The molecule has 0 spiro atoms. The summed E-state index contributed by atoms with van der Waals surface area (Å²) in [5, 5.41) is 5.28. The van der Waals surface area contributed by atoms with Crippen molar-refractivity contribution in [3.63, 3.8) is 0 Å². The second-order valence-electron chi connectivity index (χ2n) is 3.56. The van der Waals surface area contributed by atoms with E-state index in [0.29, 0.717) is 26.5 Å². The van der Waals surface area contributed by atoms with Crippen molar-refractivity contribution in [3.05, 3.63) is 50.9 Å². The summed E-state index contributed by atoms with van der Waals surface area (Å²) >= 11 is 17.8. The minimum absolute atomic E-state index is 0.403. The van der Waals surface area contributed by atoms with Crippen LogP contribution in [0, 0.1) is 6.92 Å². The van der Waals surface area contributed by atoms with Crippen LogP contribution in [0.5, 0.6) is 0 Å². The first-order valence-corrected chi connectivity index (χ1v) is 6.19. The summed E-state index contributed by atoms with van der Waals surface area (Å²) in [5.74, 6) is 1.46. The van der Waals surface area contributed by atoms with Gasteiger partial charge >= 0.3 is 0 Å². The molecule has 0 fully saturated rings. The molecule has 0 aliphatic heterocycles. The monoisotopic (exact) mass is 302 g/mol. The summed E-state index contributed by atoms with van der Waals surface area (Å²) in [5.41, 5.74) is 3.26. The molecule has 0 aliphatic rings. The van der Waals surface area contributed by atoms with Crippen LogP contribution in [0.2, 0.25) is 15.1 Å². The van der Waals surface area contributed by atoms with Gasteiger partial charge in [-0.25, -0.2) is 0 Å². The van der Waals surface area contributed by atoms with E-state index in [2.05, 4.69) is 10.5 Å². The second-order valence-corrected chi connectivity index (χ2v) is 4.81. The number of hydrazone groups is 1. The molecule has 0 bridgehead atoms. The van der Waals surface area contributed by atoms with E-state index >= 15 is 0 Å². The Hall–Kier alpha value is -1.16. The largest absolute Gasteiger partial charge is 0.460 e. The molecule has 2 rings (SSSR count). The molecule has 0 saturated heterocycles. The SMILES string of the molecule is Cc1ccc(/C=N\Nc2c(Cl)cc(Cl)cc2Cl)o1. The molecule has 18 heavy (non-hydrogen) atoms. The molecular formula is C12H9Cl3N2O. The number of aryl methyl sites for hydroxylation is 1. The number of furan rings is 1. The van der Waals surface area contributed by atoms with Crippen molar-refractivity contribution in [2.45, 2.75) is 6.92 Å². The van der Waals surface area contributed by atoms with Crippen LogP contribution in [0.1, 0.15) is 11.5 Å². The Labute approximate surface area is 119 Å². The molecule has 0 unspecified atom stereocenters. The lowest BCUT2D eigenvalue weighted by atomic mass is 10.3. The Morgan fingerprint density at radius 3 is 2.39 bits per heavy atom. The third kappa shape index (κ3) is 3.19. The van der Waals surface area contributed by atoms with Gasteiger partial charge in [0.2, 0.25) is 0 Å². The van der Waals surface area contributed by atoms with E-state index in [1.165, 1.54) is 6.21 Å². The average Bonchev–Trinajstić information content (AvgIpc) is 2.68. The fraction of sp³-hybridized carbons (Fsp3) is 0.0833. The molecule has 0 amide bonds. The van der Waals surface area contributed by atoms with E-state index in [9.17, 15) is 0 Å². The molecule has 0 aliphatic carbocycles. The summed E-state index contributed by atoms with van der Waals surface area (Å²) in [6.45, 7) is 1.86. The maximum Gasteiger partial charge on any atom is 0.147 e. The van der Waals surface area contributed by atoms with Gasteiger partial charge in [-0.3, -0.25) is 5.43 Å². The number of nitrogens with one attached hydrogen (secondary N) is 1. The summed E-state index contributed by atoms with van der Waals surface area (Å²) < 4.78 is 5.32. The number of benzene rings is 1. The van der Waals surface area contributed by atoms with Gasteiger partial charge in [0.15, 0.2) is 0 Å². The van der Waals surface area contributed by atoms with Gasteiger partial charge in [0.1, 0.15) is 11.5 Å². The number of hydrogen-bond acceptors (Lipinski definition) is 3. The predicted octanol–water partition coefficient (Wildman–Crippen LogP) is 4.99. The van der Waals surface area contributed by atoms with Gasteiger partial charge < -0.3 is 4.42 Å². The van der Waals surface area contributed by atoms with Crippen LogP contribution in [0.4, 0.5) is 5.69 Å². The summed E-state index contributed by atoms with van der Waals surface area (Å²) in [6.07, 6.45) is 1.54. The van der Waals surface area contributed by atoms with Crippen molar-refractivity contribution in [2.75, 3.05) is 5.43 Å². The zero-order valence-corrected chi connectivity index (χ0v) is 11.6. The Morgan fingerprint density at radius 1 is 1.17 bits per heavy atom. The highest BCUT2D eigenvalue weighted by Crippen LogP contribution is 2.33. The molecule has 1 heterocycles. The number of hydrogen-bond donors (Lipinski definition) is 1. The van der Waals surface area contributed by atoms with Crippen LogP contribution < -0.4 is 5.43 Å².